The number of hydrogen-bond acceptors (Lipinski definition) is 6. The Kier molecular flexibility index (Phi) is 7.60. The number of ether oxygens (including phenoxy) is 1. The number of carboxylic acid groups (broad SMARTS) is 1. The molecule has 0 spiro atoms. The van der Waals surface area contributed by atoms with Gasteiger partial charge in [-0.05, 0) is 24.6 Å². The number of pyridine rings is 1. The van der Waals surface area contributed by atoms with Gasteiger partial charge in [-0.3, -0.25) is 4.79 Å². The van der Waals surface area contributed by atoms with Gasteiger partial charge in [-0.15, -0.1) is 11.8 Å². The van der Waals surface area contributed by atoms with Crippen molar-refractivity contribution in [2.45, 2.75) is 29.5 Å². The van der Waals surface area contributed by atoms with E-state index in [0.717, 1.165) is 10.5 Å². The molecule has 0 unspecified atom stereocenters. The number of carbonyl (C=O) groups excluding carboxylic acids is 1. The molecular formula is C25H26N2O5S. The predicted octanol–water partition coefficient (Wildman–Crippen LogP) is 4.54. The van der Waals surface area contributed by atoms with Crippen molar-refractivity contribution >= 4 is 23.6 Å². The molecule has 0 saturated carbocycles. The molecule has 172 valence electrons. The van der Waals surface area contributed by atoms with Gasteiger partial charge in [-0.25, -0.2) is 9.78 Å². The summed E-state index contributed by atoms with van der Waals surface area (Å²) in [6.45, 7) is 3.26. The second-order valence-electron chi connectivity index (χ2n) is 7.72. The van der Waals surface area contributed by atoms with Crippen molar-refractivity contribution in [1.29, 1.82) is 0 Å². The Balaban J connectivity index is 1.98. The number of nitrogens with zero attached hydrogens (tertiary/aromatic N) is 1. The van der Waals surface area contributed by atoms with Crippen LogP contribution in [-0.2, 0) is 4.79 Å². The van der Waals surface area contributed by atoms with Crippen molar-refractivity contribution < 1.29 is 24.5 Å². The van der Waals surface area contributed by atoms with E-state index in [2.05, 4.69) is 10.3 Å². The molecule has 7 nitrogen and oxygen atoms in total. The van der Waals surface area contributed by atoms with Crippen LogP contribution in [0.25, 0.3) is 0 Å². The summed E-state index contributed by atoms with van der Waals surface area (Å²) < 4.78 is 5.03. The smallest absolute Gasteiger partial charge is 0.329 e. The number of aliphatic carboxylic acids is 1. The summed E-state index contributed by atoms with van der Waals surface area (Å²) >= 11 is 1.53. The average Bonchev–Trinajstić information content (AvgIpc) is 2.83. The average molecular weight is 467 g/mol. The molecule has 1 amide bonds. The Morgan fingerprint density at radius 1 is 1.06 bits per heavy atom. The fraction of sp³-hybridized carbons (Fsp3) is 0.240. The molecule has 33 heavy (non-hydrogen) atoms. The van der Waals surface area contributed by atoms with Gasteiger partial charge in [0.05, 0.1) is 7.11 Å². The van der Waals surface area contributed by atoms with E-state index in [4.69, 9.17) is 4.74 Å². The van der Waals surface area contributed by atoms with Crippen molar-refractivity contribution in [1.82, 2.24) is 10.3 Å². The number of aromatic hydroxyl groups is 1. The number of hydrogen-bond donors (Lipinski definition) is 3. The summed E-state index contributed by atoms with van der Waals surface area (Å²) in [7, 11) is 1.35. The Hall–Kier alpha value is -3.52. The Morgan fingerprint density at radius 3 is 2.24 bits per heavy atom. The molecule has 3 rings (SSSR count). The SMILES string of the molecule is COc1ccnc(C(=O)N[C@](C)(C(=O)O)[C@H](C)[C@@H](Sc2ccccc2)c2ccccc2)c1O. The fourth-order valence-electron chi connectivity index (χ4n) is 3.47. The standard InChI is InChI=1S/C25H26N2O5S/c1-16(22(17-10-6-4-7-11-17)33-18-12-8-5-9-13-18)25(2,24(30)31)27-23(29)20-21(28)19(32-3)14-15-26-20/h4-16,22,28H,1-3H3,(H,27,29)(H,30,31)/t16-,22-,25+/m1/s1. The molecule has 0 aliphatic carbocycles. The van der Waals surface area contributed by atoms with Crippen LogP contribution in [0.4, 0.5) is 0 Å². The van der Waals surface area contributed by atoms with Gasteiger partial charge in [-0.1, -0.05) is 55.5 Å². The highest BCUT2D eigenvalue weighted by Crippen LogP contribution is 2.45. The van der Waals surface area contributed by atoms with Crippen LogP contribution in [0.3, 0.4) is 0 Å². The summed E-state index contributed by atoms with van der Waals surface area (Å²) in [6, 6.07) is 20.7. The molecule has 0 saturated heterocycles. The highest BCUT2D eigenvalue weighted by Gasteiger charge is 2.45. The maximum atomic E-state index is 13.0. The number of carboxylic acids is 1. The number of benzene rings is 2. The Labute approximate surface area is 196 Å². The lowest BCUT2D eigenvalue weighted by molar-refractivity contribution is -0.145. The molecule has 2 aromatic carbocycles. The first kappa shape index (κ1) is 24.1. The van der Waals surface area contributed by atoms with E-state index in [1.165, 1.54) is 38.1 Å². The second-order valence-corrected chi connectivity index (χ2v) is 8.94. The number of aromatic nitrogens is 1. The van der Waals surface area contributed by atoms with E-state index in [-0.39, 0.29) is 16.7 Å². The van der Waals surface area contributed by atoms with Gasteiger partial charge in [0.25, 0.3) is 5.91 Å². The molecule has 8 heteroatoms. The quantitative estimate of drug-likeness (QED) is 0.397. The third-order valence-corrected chi connectivity index (χ3v) is 7.12. The molecule has 1 heterocycles. The maximum Gasteiger partial charge on any atom is 0.329 e. The number of amides is 1. The molecular weight excluding hydrogens is 440 g/mol. The lowest BCUT2D eigenvalue weighted by atomic mass is 9.82. The first-order valence-corrected chi connectivity index (χ1v) is 11.2. The molecule has 1 aromatic heterocycles. The number of thioether (sulfide) groups is 1. The number of nitrogens with one attached hydrogen (secondary N) is 1. The van der Waals surface area contributed by atoms with Crippen molar-refractivity contribution in [3.63, 3.8) is 0 Å². The molecule has 0 radical (unpaired) electrons. The Morgan fingerprint density at radius 2 is 1.67 bits per heavy atom. The summed E-state index contributed by atoms with van der Waals surface area (Å²) in [5.74, 6) is -2.93. The van der Waals surface area contributed by atoms with E-state index in [1.54, 1.807) is 6.92 Å². The van der Waals surface area contributed by atoms with Crippen molar-refractivity contribution in [3.8, 4) is 11.5 Å². The monoisotopic (exact) mass is 466 g/mol. The Bertz CT molecular complexity index is 1110. The summed E-state index contributed by atoms with van der Waals surface area (Å²) in [5, 5.41) is 22.8. The molecule has 3 aromatic rings. The largest absolute Gasteiger partial charge is 0.503 e. The minimum Gasteiger partial charge on any atom is -0.503 e. The van der Waals surface area contributed by atoms with Gasteiger partial charge < -0.3 is 20.3 Å². The first-order chi connectivity index (χ1) is 15.8. The van der Waals surface area contributed by atoms with Gasteiger partial charge in [0, 0.05) is 28.3 Å². The third-order valence-electron chi connectivity index (χ3n) is 5.64. The van der Waals surface area contributed by atoms with E-state index < -0.39 is 29.1 Å². The highest BCUT2D eigenvalue weighted by atomic mass is 32.2. The zero-order chi connectivity index (χ0) is 24.0. The molecule has 0 aliphatic heterocycles. The van der Waals surface area contributed by atoms with Crippen LogP contribution in [0.15, 0.2) is 77.8 Å². The van der Waals surface area contributed by atoms with Crippen LogP contribution >= 0.6 is 11.8 Å². The fourth-order valence-corrected chi connectivity index (χ4v) is 4.85. The summed E-state index contributed by atoms with van der Waals surface area (Å²) in [4.78, 5) is 30.4. The molecule has 3 atom stereocenters. The van der Waals surface area contributed by atoms with E-state index >= 15 is 0 Å². The van der Waals surface area contributed by atoms with Gasteiger partial charge in [0.2, 0.25) is 0 Å². The predicted molar refractivity (Wildman–Crippen MR) is 127 cm³/mol. The van der Waals surface area contributed by atoms with Crippen LogP contribution in [0, 0.1) is 5.92 Å². The normalized spacial score (nSPS) is 14.5. The van der Waals surface area contributed by atoms with Crippen molar-refractivity contribution in [3.05, 3.63) is 84.2 Å². The van der Waals surface area contributed by atoms with Crippen LogP contribution in [0.2, 0.25) is 0 Å². The van der Waals surface area contributed by atoms with Crippen LogP contribution in [0.1, 0.15) is 35.1 Å². The van der Waals surface area contributed by atoms with Crippen LogP contribution in [-0.4, -0.2) is 39.7 Å². The first-order valence-electron chi connectivity index (χ1n) is 10.3. The van der Waals surface area contributed by atoms with E-state index in [0.29, 0.717) is 0 Å². The van der Waals surface area contributed by atoms with Gasteiger partial charge in [0.1, 0.15) is 5.54 Å². The minimum absolute atomic E-state index is 0.0713. The maximum absolute atomic E-state index is 13.0. The zero-order valence-corrected chi connectivity index (χ0v) is 19.4. The van der Waals surface area contributed by atoms with Crippen LogP contribution in [0.5, 0.6) is 11.5 Å². The van der Waals surface area contributed by atoms with Crippen molar-refractivity contribution in [2.24, 2.45) is 5.92 Å². The molecule has 3 N–H and O–H groups in total. The highest BCUT2D eigenvalue weighted by molar-refractivity contribution is 7.99. The topological polar surface area (TPSA) is 109 Å². The summed E-state index contributed by atoms with van der Waals surface area (Å²) in [5.41, 5.74) is -1.04. The third kappa shape index (κ3) is 5.28. The minimum atomic E-state index is -1.67. The van der Waals surface area contributed by atoms with E-state index in [9.17, 15) is 19.8 Å². The number of carbonyl (C=O) groups is 2. The van der Waals surface area contributed by atoms with Gasteiger partial charge >= 0.3 is 5.97 Å². The number of rotatable bonds is 9. The van der Waals surface area contributed by atoms with Gasteiger partial charge in [-0.2, -0.15) is 0 Å². The van der Waals surface area contributed by atoms with Gasteiger partial charge in [0.15, 0.2) is 17.2 Å². The molecule has 0 bridgehead atoms. The zero-order valence-electron chi connectivity index (χ0n) is 18.6. The number of methoxy groups -OCH3 is 1. The lowest BCUT2D eigenvalue weighted by Crippen LogP contribution is -2.57. The lowest BCUT2D eigenvalue weighted by Gasteiger charge is -2.37. The summed E-state index contributed by atoms with van der Waals surface area (Å²) in [6.07, 6.45) is 1.31. The molecule has 0 fully saturated rings. The second kappa shape index (κ2) is 10.4. The van der Waals surface area contributed by atoms with Crippen molar-refractivity contribution in [2.75, 3.05) is 7.11 Å². The molecule has 0 aliphatic rings. The van der Waals surface area contributed by atoms with E-state index in [1.807, 2.05) is 60.7 Å². The van der Waals surface area contributed by atoms with Crippen LogP contribution < -0.4 is 10.1 Å².